The van der Waals surface area contributed by atoms with Crippen molar-refractivity contribution in [3.05, 3.63) is 82.3 Å². The monoisotopic (exact) mass is 432 g/mol. The number of hydrogen-bond donors (Lipinski definition) is 2. The van der Waals surface area contributed by atoms with Crippen LogP contribution in [0.5, 0.6) is 0 Å². The van der Waals surface area contributed by atoms with Gasteiger partial charge in [0, 0.05) is 18.9 Å². The Labute approximate surface area is 185 Å². The molecule has 0 spiro atoms. The molecule has 0 aliphatic carbocycles. The Balaban J connectivity index is 1.88. The molecule has 8 heteroatoms. The van der Waals surface area contributed by atoms with Gasteiger partial charge in [0.1, 0.15) is 18.1 Å². The van der Waals surface area contributed by atoms with Crippen LogP contribution >= 0.6 is 0 Å². The lowest BCUT2D eigenvalue weighted by Crippen LogP contribution is -2.47. The number of carbonyl (C=O) groups is 3. The molecule has 8 nitrogen and oxygen atoms in total. The third kappa shape index (κ3) is 5.34. The summed E-state index contributed by atoms with van der Waals surface area (Å²) in [5.74, 6) is -1.70. The Morgan fingerprint density at radius 1 is 1.09 bits per heavy atom. The van der Waals surface area contributed by atoms with Crippen molar-refractivity contribution in [1.82, 2.24) is 14.9 Å². The Morgan fingerprint density at radius 3 is 2.47 bits per heavy atom. The standard InChI is InChI=1S/C24H24N4O4/c1-15-7-6-8-17(11-15)12-20(22(31)16(2)29)27-21(30)14-28-23(18-9-4-3-5-10-18)26-13-19(25)24(28)32/h3-11,13,20H,12,14,25H2,1-2H3,(H,27,30). The van der Waals surface area contributed by atoms with Gasteiger partial charge in [-0.15, -0.1) is 0 Å². The molecule has 1 aromatic heterocycles. The molecule has 2 aromatic carbocycles. The minimum absolute atomic E-state index is 0.103. The lowest BCUT2D eigenvalue weighted by Gasteiger charge is -2.18. The molecule has 1 heterocycles. The van der Waals surface area contributed by atoms with Crippen molar-refractivity contribution in [3.63, 3.8) is 0 Å². The van der Waals surface area contributed by atoms with E-state index in [0.29, 0.717) is 5.56 Å². The predicted octanol–water partition coefficient (Wildman–Crippen LogP) is 1.69. The highest BCUT2D eigenvalue weighted by molar-refractivity contribution is 6.38. The van der Waals surface area contributed by atoms with E-state index in [0.717, 1.165) is 22.6 Å². The fourth-order valence-electron chi connectivity index (χ4n) is 3.38. The van der Waals surface area contributed by atoms with Gasteiger partial charge >= 0.3 is 0 Å². The van der Waals surface area contributed by atoms with Gasteiger partial charge in [0.15, 0.2) is 5.78 Å². The van der Waals surface area contributed by atoms with Crippen molar-refractivity contribution in [2.45, 2.75) is 32.9 Å². The number of ketones is 2. The van der Waals surface area contributed by atoms with Crippen LogP contribution < -0.4 is 16.6 Å². The number of anilines is 1. The SMILES string of the molecule is CC(=O)C(=O)C(Cc1cccc(C)c1)NC(=O)Cn1c(-c2ccccc2)ncc(N)c1=O. The third-order valence-corrected chi connectivity index (χ3v) is 4.93. The number of nitrogen functional groups attached to an aromatic ring is 1. The third-order valence-electron chi connectivity index (χ3n) is 4.93. The zero-order valence-corrected chi connectivity index (χ0v) is 17.9. The highest BCUT2D eigenvalue weighted by Crippen LogP contribution is 2.15. The first-order chi connectivity index (χ1) is 15.3. The number of carbonyl (C=O) groups excluding carboxylic acids is 3. The van der Waals surface area contributed by atoms with Crippen molar-refractivity contribution < 1.29 is 14.4 Å². The van der Waals surface area contributed by atoms with Crippen molar-refractivity contribution in [1.29, 1.82) is 0 Å². The zero-order chi connectivity index (χ0) is 23.3. The largest absolute Gasteiger partial charge is 0.393 e. The molecule has 0 aliphatic heterocycles. The van der Waals surface area contributed by atoms with Crippen molar-refractivity contribution in [2.24, 2.45) is 0 Å². The number of amides is 1. The summed E-state index contributed by atoms with van der Waals surface area (Å²) in [6.07, 6.45) is 1.40. The molecule has 1 unspecified atom stereocenters. The summed E-state index contributed by atoms with van der Waals surface area (Å²) in [6, 6.07) is 15.3. The lowest BCUT2D eigenvalue weighted by molar-refractivity contribution is -0.137. The van der Waals surface area contributed by atoms with Crippen molar-refractivity contribution >= 4 is 23.2 Å². The Kier molecular flexibility index (Phi) is 6.94. The number of benzene rings is 2. The van der Waals surface area contributed by atoms with Crippen LogP contribution in [0.4, 0.5) is 5.69 Å². The van der Waals surface area contributed by atoms with Crippen LogP contribution in [-0.2, 0) is 27.3 Å². The van der Waals surface area contributed by atoms with E-state index in [1.165, 1.54) is 6.20 Å². The van der Waals surface area contributed by atoms with Gasteiger partial charge in [0.25, 0.3) is 5.56 Å². The van der Waals surface area contributed by atoms with Gasteiger partial charge in [0.05, 0.1) is 12.2 Å². The average Bonchev–Trinajstić information content (AvgIpc) is 2.76. The maximum atomic E-state index is 12.9. The van der Waals surface area contributed by atoms with Crippen LogP contribution in [0.1, 0.15) is 18.1 Å². The van der Waals surface area contributed by atoms with Crippen LogP contribution in [-0.4, -0.2) is 33.1 Å². The van der Waals surface area contributed by atoms with Gasteiger partial charge in [-0.1, -0.05) is 60.2 Å². The molecule has 1 amide bonds. The molecule has 0 saturated heterocycles. The number of Topliss-reactive ketones (excluding diaryl/α,β-unsaturated/α-hetero) is 2. The normalized spacial score (nSPS) is 11.6. The molecule has 3 aromatic rings. The molecule has 0 bridgehead atoms. The van der Waals surface area contributed by atoms with Crippen molar-refractivity contribution in [2.75, 3.05) is 5.73 Å². The average molecular weight is 432 g/mol. The number of nitrogens with two attached hydrogens (primary N) is 1. The van der Waals surface area contributed by atoms with Gasteiger partial charge in [-0.3, -0.25) is 23.7 Å². The topological polar surface area (TPSA) is 124 Å². The minimum atomic E-state index is -1.05. The lowest BCUT2D eigenvalue weighted by atomic mass is 9.99. The minimum Gasteiger partial charge on any atom is -0.393 e. The smallest absolute Gasteiger partial charge is 0.277 e. The number of aromatic nitrogens is 2. The Bertz CT molecular complexity index is 1220. The van der Waals surface area contributed by atoms with Gasteiger partial charge in [-0.25, -0.2) is 4.98 Å². The van der Waals surface area contributed by atoms with E-state index in [1.54, 1.807) is 24.3 Å². The molecule has 164 valence electrons. The van der Waals surface area contributed by atoms with E-state index in [2.05, 4.69) is 10.3 Å². The van der Waals surface area contributed by atoms with Gasteiger partial charge in [-0.2, -0.15) is 0 Å². The first-order valence-electron chi connectivity index (χ1n) is 10.1. The molecule has 32 heavy (non-hydrogen) atoms. The fourth-order valence-corrected chi connectivity index (χ4v) is 3.38. The van der Waals surface area contributed by atoms with E-state index in [4.69, 9.17) is 5.73 Å². The molecule has 0 aliphatic rings. The number of rotatable bonds is 8. The highest BCUT2D eigenvalue weighted by atomic mass is 16.2. The predicted molar refractivity (Wildman–Crippen MR) is 121 cm³/mol. The summed E-state index contributed by atoms with van der Waals surface area (Å²) in [6.45, 7) is 2.67. The summed E-state index contributed by atoms with van der Waals surface area (Å²) in [4.78, 5) is 53.9. The molecular weight excluding hydrogens is 408 g/mol. The number of nitrogens with one attached hydrogen (secondary N) is 1. The van der Waals surface area contributed by atoms with Crippen LogP contribution in [0.15, 0.2) is 65.6 Å². The van der Waals surface area contributed by atoms with Gasteiger partial charge in [-0.05, 0) is 12.5 Å². The maximum Gasteiger partial charge on any atom is 0.277 e. The van der Waals surface area contributed by atoms with Gasteiger partial charge in [0.2, 0.25) is 11.7 Å². The van der Waals surface area contributed by atoms with E-state index in [-0.39, 0.29) is 17.9 Å². The second-order valence-corrected chi connectivity index (χ2v) is 7.53. The Morgan fingerprint density at radius 2 is 1.81 bits per heavy atom. The molecule has 0 fully saturated rings. The molecule has 0 saturated carbocycles. The second kappa shape index (κ2) is 9.82. The van der Waals surface area contributed by atoms with E-state index in [9.17, 15) is 19.2 Å². The van der Waals surface area contributed by atoms with Crippen LogP contribution in [0, 0.1) is 6.92 Å². The summed E-state index contributed by atoms with van der Waals surface area (Å²) >= 11 is 0. The van der Waals surface area contributed by atoms with Crippen molar-refractivity contribution in [3.8, 4) is 11.4 Å². The first-order valence-corrected chi connectivity index (χ1v) is 10.1. The maximum absolute atomic E-state index is 12.9. The molecule has 3 rings (SSSR count). The van der Waals surface area contributed by atoms with Crippen LogP contribution in [0.25, 0.3) is 11.4 Å². The summed E-state index contributed by atoms with van der Waals surface area (Å²) < 4.78 is 1.15. The van der Waals surface area contributed by atoms with Crippen LogP contribution in [0.2, 0.25) is 0 Å². The van der Waals surface area contributed by atoms with E-state index < -0.39 is 35.6 Å². The number of nitrogens with zero attached hydrogens (tertiary/aromatic N) is 2. The van der Waals surface area contributed by atoms with Gasteiger partial charge < -0.3 is 11.1 Å². The quantitative estimate of drug-likeness (QED) is 0.522. The summed E-state index contributed by atoms with van der Waals surface area (Å²) in [5, 5.41) is 2.60. The van der Waals surface area contributed by atoms with E-state index >= 15 is 0 Å². The Hall–Kier alpha value is -4.07. The first kappa shape index (κ1) is 22.6. The zero-order valence-electron chi connectivity index (χ0n) is 17.9. The summed E-state index contributed by atoms with van der Waals surface area (Å²) in [7, 11) is 0. The second-order valence-electron chi connectivity index (χ2n) is 7.53. The molecule has 1 atom stereocenters. The summed E-state index contributed by atoms with van der Waals surface area (Å²) in [5.41, 5.74) is 7.48. The highest BCUT2D eigenvalue weighted by Gasteiger charge is 2.25. The van der Waals surface area contributed by atoms with E-state index in [1.807, 2.05) is 37.3 Å². The molecule has 0 radical (unpaired) electrons. The van der Waals surface area contributed by atoms with Crippen LogP contribution in [0.3, 0.4) is 0 Å². The number of hydrogen-bond acceptors (Lipinski definition) is 6. The molecular formula is C24H24N4O4. The number of aryl methyl sites for hydroxylation is 1. The molecule has 3 N–H and O–H groups in total. The fraction of sp³-hybridized carbons (Fsp3) is 0.208.